The summed E-state index contributed by atoms with van der Waals surface area (Å²) in [6.45, 7) is 4.59. The minimum Gasteiger partial charge on any atom is -0.378 e. The molecule has 0 atom stereocenters. The molecule has 4 aromatic rings. The summed E-state index contributed by atoms with van der Waals surface area (Å²) in [5, 5.41) is 7.96. The van der Waals surface area contributed by atoms with Gasteiger partial charge in [-0.05, 0) is 38.8 Å². The summed E-state index contributed by atoms with van der Waals surface area (Å²) in [5.41, 5.74) is 4.00. The van der Waals surface area contributed by atoms with Gasteiger partial charge in [0.15, 0.2) is 5.65 Å². The normalized spacial score (nSPS) is 22.4. The van der Waals surface area contributed by atoms with Crippen LogP contribution in [0.2, 0.25) is 0 Å². The minimum atomic E-state index is -2.59. The molecule has 0 unspecified atom stereocenters. The molecule has 0 radical (unpaired) electrons. The van der Waals surface area contributed by atoms with E-state index in [1.54, 1.807) is 16.9 Å². The first-order valence-corrected chi connectivity index (χ1v) is 11.4. The number of pyridine rings is 1. The second-order valence-electron chi connectivity index (χ2n) is 9.04. The Morgan fingerprint density at radius 1 is 1.18 bits per heavy atom. The van der Waals surface area contributed by atoms with Gasteiger partial charge in [0.2, 0.25) is 5.95 Å². The highest BCUT2D eigenvalue weighted by Crippen LogP contribution is 2.47. The number of fused-ring (bicyclic) bond motifs is 2. The standard InChI is InChI=1S/C23H25F2N7O/c1-3-33-17-7-15(8-17)29-22-27-12-20-18(4-5-31(20)30-22)14-6-19-21(26-11-14)28-13(2)32(19)16-9-23(24,25)10-16/h4-6,11-12,15-17H,3,7-10H2,1-2H3,(H,29,30). The fraction of sp³-hybridized carbons (Fsp3) is 0.478. The molecule has 0 bridgehead atoms. The molecule has 2 aliphatic rings. The summed E-state index contributed by atoms with van der Waals surface area (Å²) in [4.78, 5) is 13.5. The maximum absolute atomic E-state index is 13.5. The number of hydrogen-bond acceptors (Lipinski definition) is 6. The van der Waals surface area contributed by atoms with Crippen LogP contribution in [0.3, 0.4) is 0 Å². The molecule has 1 N–H and O–H groups in total. The molecule has 0 spiro atoms. The van der Waals surface area contributed by atoms with Crippen LogP contribution < -0.4 is 5.32 Å². The van der Waals surface area contributed by atoms with Gasteiger partial charge in [0, 0.05) is 55.1 Å². The molecule has 4 heterocycles. The second-order valence-corrected chi connectivity index (χ2v) is 9.04. The van der Waals surface area contributed by atoms with Crippen LogP contribution in [0.4, 0.5) is 14.7 Å². The van der Waals surface area contributed by atoms with Crippen molar-refractivity contribution in [1.29, 1.82) is 0 Å². The zero-order valence-corrected chi connectivity index (χ0v) is 18.5. The van der Waals surface area contributed by atoms with Crippen LogP contribution in [0, 0.1) is 6.92 Å². The Morgan fingerprint density at radius 2 is 2.00 bits per heavy atom. The molecule has 10 heteroatoms. The van der Waals surface area contributed by atoms with E-state index in [0.717, 1.165) is 41.6 Å². The van der Waals surface area contributed by atoms with Crippen LogP contribution in [0.15, 0.2) is 30.7 Å². The highest BCUT2D eigenvalue weighted by molar-refractivity contribution is 5.85. The lowest BCUT2D eigenvalue weighted by Crippen LogP contribution is -2.41. The van der Waals surface area contributed by atoms with E-state index >= 15 is 0 Å². The fourth-order valence-electron chi connectivity index (χ4n) is 4.96. The van der Waals surface area contributed by atoms with Gasteiger partial charge in [-0.2, -0.15) is 0 Å². The van der Waals surface area contributed by atoms with Gasteiger partial charge in [0.05, 0.1) is 23.3 Å². The molecule has 0 aliphatic heterocycles. The number of alkyl halides is 2. The number of nitrogens with zero attached hydrogens (tertiary/aromatic N) is 6. The molecule has 4 aromatic heterocycles. The fourth-order valence-corrected chi connectivity index (χ4v) is 4.96. The summed E-state index contributed by atoms with van der Waals surface area (Å²) in [5.74, 6) is -1.31. The molecule has 2 fully saturated rings. The number of aryl methyl sites for hydroxylation is 1. The molecule has 2 aliphatic carbocycles. The predicted molar refractivity (Wildman–Crippen MR) is 120 cm³/mol. The largest absolute Gasteiger partial charge is 0.378 e. The molecule has 8 nitrogen and oxygen atoms in total. The average Bonchev–Trinajstić information content (AvgIpc) is 3.29. The van der Waals surface area contributed by atoms with Crippen molar-refractivity contribution in [3.05, 3.63) is 36.5 Å². The van der Waals surface area contributed by atoms with E-state index in [1.165, 1.54) is 0 Å². The first-order chi connectivity index (χ1) is 15.9. The van der Waals surface area contributed by atoms with Crippen molar-refractivity contribution in [3.63, 3.8) is 0 Å². The quantitative estimate of drug-likeness (QED) is 0.466. The molecule has 0 amide bonds. The monoisotopic (exact) mass is 453 g/mol. The highest BCUT2D eigenvalue weighted by atomic mass is 19.3. The number of nitrogens with one attached hydrogen (secondary N) is 1. The van der Waals surface area contributed by atoms with Gasteiger partial charge < -0.3 is 14.6 Å². The molecule has 0 saturated heterocycles. The molecule has 0 aromatic carbocycles. The minimum absolute atomic E-state index is 0.158. The summed E-state index contributed by atoms with van der Waals surface area (Å²) in [6.07, 6.45) is 7.36. The number of aromatic nitrogens is 6. The van der Waals surface area contributed by atoms with Crippen LogP contribution in [-0.2, 0) is 4.74 Å². The Kier molecular flexibility index (Phi) is 4.62. The Balaban J connectivity index is 1.28. The summed E-state index contributed by atoms with van der Waals surface area (Å²) < 4.78 is 36.3. The Morgan fingerprint density at radius 3 is 2.76 bits per heavy atom. The highest BCUT2D eigenvalue weighted by Gasteiger charge is 2.47. The number of hydrogen-bond donors (Lipinski definition) is 1. The van der Waals surface area contributed by atoms with E-state index in [2.05, 4.69) is 25.4 Å². The predicted octanol–water partition coefficient (Wildman–Crippen LogP) is 4.40. The van der Waals surface area contributed by atoms with Gasteiger partial charge in [0.25, 0.3) is 5.92 Å². The van der Waals surface area contributed by atoms with Gasteiger partial charge in [-0.25, -0.2) is 28.2 Å². The van der Waals surface area contributed by atoms with E-state index < -0.39 is 5.92 Å². The number of rotatable bonds is 6. The first-order valence-electron chi connectivity index (χ1n) is 11.4. The summed E-state index contributed by atoms with van der Waals surface area (Å²) >= 11 is 0. The van der Waals surface area contributed by atoms with E-state index in [1.807, 2.05) is 36.7 Å². The zero-order valence-electron chi connectivity index (χ0n) is 18.5. The van der Waals surface area contributed by atoms with Gasteiger partial charge in [-0.1, -0.05) is 0 Å². The van der Waals surface area contributed by atoms with E-state index in [-0.39, 0.29) is 18.9 Å². The number of halogens is 2. The average molecular weight is 453 g/mol. The maximum atomic E-state index is 13.5. The zero-order chi connectivity index (χ0) is 22.7. The van der Waals surface area contributed by atoms with E-state index in [0.29, 0.717) is 29.6 Å². The topological polar surface area (TPSA) is 82.2 Å². The molecule has 33 heavy (non-hydrogen) atoms. The van der Waals surface area contributed by atoms with Crippen LogP contribution in [0.1, 0.15) is 44.5 Å². The van der Waals surface area contributed by atoms with Crippen LogP contribution in [0.25, 0.3) is 27.8 Å². The van der Waals surface area contributed by atoms with Crippen LogP contribution >= 0.6 is 0 Å². The SMILES string of the molecule is CCOC1CC(Nc2ncc3c(-c4cnc5nc(C)n(C6CC(F)(F)C6)c5c4)ccn3n2)C1. The van der Waals surface area contributed by atoms with Gasteiger partial charge in [-0.15, -0.1) is 5.10 Å². The third-order valence-corrected chi connectivity index (χ3v) is 6.71. The Hall–Kier alpha value is -3.14. The van der Waals surface area contributed by atoms with Crippen molar-refractivity contribution in [2.75, 3.05) is 11.9 Å². The smallest absolute Gasteiger partial charge is 0.252 e. The lowest BCUT2D eigenvalue weighted by molar-refractivity contribution is -0.103. The van der Waals surface area contributed by atoms with Gasteiger partial charge >= 0.3 is 0 Å². The van der Waals surface area contributed by atoms with Crippen molar-refractivity contribution in [1.82, 2.24) is 29.1 Å². The lowest BCUT2D eigenvalue weighted by atomic mass is 9.87. The van der Waals surface area contributed by atoms with Crippen molar-refractivity contribution in [3.8, 4) is 11.1 Å². The number of ether oxygens (including phenoxy) is 1. The van der Waals surface area contributed by atoms with Crippen molar-refractivity contribution in [2.24, 2.45) is 0 Å². The van der Waals surface area contributed by atoms with Gasteiger partial charge in [0.1, 0.15) is 5.82 Å². The maximum Gasteiger partial charge on any atom is 0.252 e. The lowest BCUT2D eigenvalue weighted by Gasteiger charge is -2.36. The van der Waals surface area contributed by atoms with Crippen molar-refractivity contribution < 1.29 is 13.5 Å². The van der Waals surface area contributed by atoms with Crippen LogP contribution in [-0.4, -0.2) is 53.8 Å². The summed E-state index contributed by atoms with van der Waals surface area (Å²) in [6, 6.07) is 4.01. The Bertz CT molecular complexity index is 1330. The molecular formula is C23H25F2N7O. The number of imidazole rings is 1. The molecule has 172 valence electrons. The van der Waals surface area contributed by atoms with E-state index in [9.17, 15) is 8.78 Å². The Labute approximate surface area is 189 Å². The number of anilines is 1. The van der Waals surface area contributed by atoms with Crippen LogP contribution in [0.5, 0.6) is 0 Å². The van der Waals surface area contributed by atoms with Crippen molar-refractivity contribution in [2.45, 2.75) is 63.6 Å². The molecule has 2 saturated carbocycles. The van der Waals surface area contributed by atoms with E-state index in [4.69, 9.17) is 4.74 Å². The summed E-state index contributed by atoms with van der Waals surface area (Å²) in [7, 11) is 0. The third kappa shape index (κ3) is 3.52. The third-order valence-electron chi connectivity index (χ3n) is 6.71. The second kappa shape index (κ2) is 7.44. The van der Waals surface area contributed by atoms with Crippen molar-refractivity contribution >= 4 is 22.6 Å². The molecule has 6 rings (SSSR count). The molecular weight excluding hydrogens is 428 g/mol. The first kappa shape index (κ1) is 20.5. The van der Waals surface area contributed by atoms with Gasteiger partial charge in [-0.3, -0.25) is 0 Å².